The van der Waals surface area contributed by atoms with Gasteiger partial charge < -0.3 is 15.0 Å². The van der Waals surface area contributed by atoms with Crippen molar-refractivity contribution in [2.24, 2.45) is 56.7 Å². The summed E-state index contributed by atoms with van der Waals surface area (Å²) in [5.41, 5.74) is 3.84. The van der Waals surface area contributed by atoms with Gasteiger partial charge in [0.1, 0.15) is 5.82 Å². The van der Waals surface area contributed by atoms with Crippen LogP contribution in [0.5, 0.6) is 0 Å². The van der Waals surface area contributed by atoms with Crippen LogP contribution < -0.4 is 0 Å². The average Bonchev–Trinajstić information content (AvgIpc) is 3.82. The molecule has 1 saturated heterocycles. The van der Waals surface area contributed by atoms with Crippen LogP contribution in [0.2, 0.25) is 0 Å². The number of fused-ring (bicyclic) bond motifs is 7. The van der Waals surface area contributed by atoms with E-state index in [1.54, 1.807) is 0 Å². The Bertz CT molecular complexity index is 1580. The first kappa shape index (κ1) is 32.8. The lowest BCUT2D eigenvalue weighted by Gasteiger charge is -2.73. The molecule has 2 heterocycles. The lowest BCUT2D eigenvalue weighted by molar-refractivity contribution is -0.247. The van der Waals surface area contributed by atoms with Crippen LogP contribution in [0.1, 0.15) is 130 Å². The first-order valence-corrected chi connectivity index (χ1v) is 19.5. The van der Waals surface area contributed by atoms with Crippen LogP contribution in [-0.4, -0.2) is 38.5 Å². The van der Waals surface area contributed by atoms with Gasteiger partial charge in [0.2, 0.25) is 5.91 Å². The quantitative estimate of drug-likeness (QED) is 0.324. The summed E-state index contributed by atoms with van der Waals surface area (Å²) in [6, 6.07) is 10.4. The summed E-state index contributed by atoms with van der Waals surface area (Å²) in [7, 11) is 0. The average molecular weight is 652 g/mol. The van der Waals surface area contributed by atoms with Gasteiger partial charge >= 0.3 is 0 Å². The molecule has 11 atom stereocenters. The van der Waals surface area contributed by atoms with Crippen LogP contribution in [0.3, 0.4) is 0 Å². The van der Waals surface area contributed by atoms with Crippen molar-refractivity contribution in [3.05, 3.63) is 54.5 Å². The molecular weight excluding hydrogens is 590 g/mol. The fraction of sp³-hybridized carbons (Fsp3) is 0.721. The third kappa shape index (κ3) is 4.30. The number of aliphatic hydroxyl groups is 1. The molecule has 8 rings (SSSR count). The number of carbonyl (C=O) groups is 1. The van der Waals surface area contributed by atoms with Crippen LogP contribution >= 0.6 is 0 Å². The van der Waals surface area contributed by atoms with Crippen molar-refractivity contribution in [3.8, 4) is 11.3 Å². The topological polar surface area (TPSA) is 69.2 Å². The van der Waals surface area contributed by atoms with E-state index in [0.717, 1.165) is 75.0 Å². The molecule has 0 unspecified atom stereocenters. The van der Waals surface area contributed by atoms with Gasteiger partial charge in [0.15, 0.2) is 0 Å². The van der Waals surface area contributed by atoms with Crippen molar-refractivity contribution in [1.82, 2.24) is 14.9 Å². The second-order valence-electron chi connectivity index (χ2n) is 18.9. The molecule has 2 aromatic rings. The fourth-order valence-corrected chi connectivity index (χ4v) is 14.4. The molecule has 6 aliphatic rings. The Morgan fingerprint density at radius 2 is 1.67 bits per heavy atom. The molecule has 0 bridgehead atoms. The smallest absolute Gasteiger partial charge is 0.229 e. The molecular formula is C43H61N3O2. The molecule has 5 saturated carbocycles. The molecule has 1 aromatic carbocycles. The highest BCUT2D eigenvalue weighted by atomic mass is 16.3. The molecule has 2 N–H and O–H groups in total. The van der Waals surface area contributed by atoms with Crippen molar-refractivity contribution in [2.45, 2.75) is 131 Å². The van der Waals surface area contributed by atoms with Crippen LogP contribution in [0, 0.1) is 56.7 Å². The number of rotatable bonds is 4. The van der Waals surface area contributed by atoms with Crippen LogP contribution in [0.15, 0.2) is 48.7 Å². The number of amides is 1. The molecule has 6 fully saturated rings. The number of aromatic amines is 1. The van der Waals surface area contributed by atoms with Crippen molar-refractivity contribution < 1.29 is 9.90 Å². The van der Waals surface area contributed by atoms with Gasteiger partial charge in [0.25, 0.3) is 0 Å². The number of aliphatic hydroxyl groups excluding tert-OH is 1. The number of likely N-dealkylation sites (tertiary alicyclic amines) is 1. The number of benzene rings is 1. The van der Waals surface area contributed by atoms with Crippen LogP contribution in [0.25, 0.3) is 11.3 Å². The van der Waals surface area contributed by atoms with Gasteiger partial charge in [-0.05, 0) is 141 Å². The number of nitrogens with zero attached hydrogens (tertiary/aromatic N) is 2. The molecule has 5 nitrogen and oxygen atoms in total. The van der Waals surface area contributed by atoms with Gasteiger partial charge in [-0.2, -0.15) is 0 Å². The zero-order chi connectivity index (χ0) is 33.9. The Morgan fingerprint density at radius 1 is 0.896 bits per heavy atom. The number of allylic oxidation sites excluding steroid dienone is 1. The van der Waals surface area contributed by atoms with Gasteiger partial charge in [0, 0.05) is 6.54 Å². The maximum atomic E-state index is 15.3. The van der Waals surface area contributed by atoms with E-state index in [0.29, 0.717) is 35.5 Å². The van der Waals surface area contributed by atoms with E-state index < -0.39 is 0 Å². The minimum absolute atomic E-state index is 0.0238. The lowest BCUT2D eigenvalue weighted by atomic mass is 9.32. The van der Waals surface area contributed by atoms with E-state index in [1.165, 1.54) is 31.3 Å². The highest BCUT2D eigenvalue weighted by molar-refractivity contribution is 5.84. The third-order valence-corrected chi connectivity index (χ3v) is 17.0. The van der Waals surface area contributed by atoms with Crippen molar-refractivity contribution in [2.75, 3.05) is 6.54 Å². The molecule has 260 valence electrons. The predicted octanol–water partition coefficient (Wildman–Crippen LogP) is 9.76. The first-order chi connectivity index (χ1) is 22.8. The SMILES string of the molecule is C=C(C)[C@@H]1CC[C@]2(C(=O)N3CCC[C@H]3c3ncc(-c4ccccc4)[nH]3)CC[C@]3(C)[C@H](CC[C@@H]4[C@@]5(C)CC[C@H](O)C(C)(C)[C@@H]5CC[C@]43C)[C@@H]12. The second kappa shape index (κ2) is 11.0. The Kier molecular flexibility index (Phi) is 7.55. The summed E-state index contributed by atoms with van der Waals surface area (Å²) in [5, 5.41) is 11.1. The van der Waals surface area contributed by atoms with E-state index in [-0.39, 0.29) is 39.2 Å². The van der Waals surface area contributed by atoms with Crippen LogP contribution in [0.4, 0.5) is 0 Å². The summed E-state index contributed by atoms with van der Waals surface area (Å²) in [6.45, 7) is 20.3. The molecule has 1 amide bonds. The molecule has 1 aromatic heterocycles. The maximum Gasteiger partial charge on any atom is 0.229 e. The van der Waals surface area contributed by atoms with Gasteiger partial charge in [-0.1, -0.05) is 77.1 Å². The lowest BCUT2D eigenvalue weighted by Crippen LogP contribution is -2.67. The molecule has 1 aliphatic heterocycles. The fourth-order valence-electron chi connectivity index (χ4n) is 14.4. The molecule has 5 aliphatic carbocycles. The van der Waals surface area contributed by atoms with Gasteiger partial charge in [0.05, 0.1) is 29.5 Å². The Labute approximate surface area is 289 Å². The van der Waals surface area contributed by atoms with Gasteiger partial charge in [-0.15, -0.1) is 0 Å². The minimum atomic E-state index is -0.299. The number of hydrogen-bond acceptors (Lipinski definition) is 3. The summed E-state index contributed by atoms with van der Waals surface area (Å²) in [4.78, 5) is 26.1. The maximum absolute atomic E-state index is 15.3. The van der Waals surface area contributed by atoms with Gasteiger partial charge in [-0.3, -0.25) is 4.79 Å². The summed E-state index contributed by atoms with van der Waals surface area (Å²) in [5.74, 6) is 3.94. The van der Waals surface area contributed by atoms with E-state index >= 15 is 4.79 Å². The van der Waals surface area contributed by atoms with Crippen LogP contribution in [-0.2, 0) is 4.79 Å². The number of nitrogens with one attached hydrogen (secondary N) is 1. The van der Waals surface area contributed by atoms with E-state index in [9.17, 15) is 5.11 Å². The van der Waals surface area contributed by atoms with Crippen molar-refractivity contribution in [1.29, 1.82) is 0 Å². The Morgan fingerprint density at radius 3 is 2.42 bits per heavy atom. The number of carbonyl (C=O) groups excluding carboxylic acids is 1. The first-order valence-electron chi connectivity index (χ1n) is 19.5. The number of imidazole rings is 1. The van der Waals surface area contributed by atoms with Gasteiger partial charge in [-0.25, -0.2) is 4.98 Å². The Balaban J connectivity index is 1.12. The van der Waals surface area contributed by atoms with Crippen molar-refractivity contribution >= 4 is 5.91 Å². The number of hydrogen-bond donors (Lipinski definition) is 2. The third-order valence-electron chi connectivity index (χ3n) is 17.0. The number of H-pyrrole nitrogens is 1. The summed E-state index contributed by atoms with van der Waals surface area (Å²) < 4.78 is 0. The number of aromatic nitrogens is 2. The zero-order valence-corrected chi connectivity index (χ0v) is 30.7. The highest BCUT2D eigenvalue weighted by Gasteiger charge is 2.72. The molecule has 5 heteroatoms. The normalized spacial score (nSPS) is 44.7. The Hall–Kier alpha value is -2.40. The summed E-state index contributed by atoms with van der Waals surface area (Å²) >= 11 is 0. The highest BCUT2D eigenvalue weighted by Crippen LogP contribution is 2.77. The largest absolute Gasteiger partial charge is 0.393 e. The standard InChI is InChI=1S/C43H61N3O2/c1-27(2)29-17-22-43(38(48)46-25-11-14-32(46)37-44-26-31(45-37)28-12-9-8-10-13-28)24-23-41(6)30(36(29)43)15-16-34-40(5)20-19-35(47)39(3,4)33(40)18-21-42(34,41)7/h8-10,12-13,26,29-30,32-36,47H,1,11,14-25H2,2-7H3,(H,44,45)/t29-,30+,32-,33-,34+,35-,36+,40-,41+,42+,43-/m0/s1. The van der Waals surface area contributed by atoms with E-state index in [1.807, 2.05) is 12.3 Å². The molecule has 0 radical (unpaired) electrons. The minimum Gasteiger partial charge on any atom is -0.393 e. The predicted molar refractivity (Wildman–Crippen MR) is 193 cm³/mol. The molecule has 48 heavy (non-hydrogen) atoms. The monoisotopic (exact) mass is 651 g/mol. The van der Waals surface area contributed by atoms with E-state index in [2.05, 4.69) is 82.3 Å². The zero-order valence-electron chi connectivity index (χ0n) is 30.7. The van der Waals surface area contributed by atoms with E-state index in [4.69, 9.17) is 4.98 Å². The summed E-state index contributed by atoms with van der Waals surface area (Å²) in [6.07, 6.45) is 15.1. The van der Waals surface area contributed by atoms with Crippen molar-refractivity contribution in [3.63, 3.8) is 0 Å². The second-order valence-corrected chi connectivity index (χ2v) is 18.9. The molecule has 0 spiro atoms.